The van der Waals surface area contributed by atoms with Gasteiger partial charge < -0.3 is 19.3 Å². The van der Waals surface area contributed by atoms with Crippen LogP contribution in [-0.2, 0) is 11.2 Å². The van der Waals surface area contributed by atoms with Gasteiger partial charge in [-0.05, 0) is 49.9 Å². The van der Waals surface area contributed by atoms with Gasteiger partial charge in [0, 0.05) is 43.9 Å². The molecule has 1 saturated carbocycles. The van der Waals surface area contributed by atoms with Crippen molar-refractivity contribution in [1.29, 1.82) is 0 Å². The van der Waals surface area contributed by atoms with Gasteiger partial charge in [0.05, 0.1) is 32.5 Å². The van der Waals surface area contributed by atoms with E-state index in [1.807, 2.05) is 0 Å². The highest BCUT2D eigenvalue weighted by Crippen LogP contribution is 2.49. The average molecular weight is 487 g/mol. The summed E-state index contributed by atoms with van der Waals surface area (Å²) in [5, 5.41) is 0. The van der Waals surface area contributed by atoms with E-state index in [9.17, 15) is 13.6 Å². The van der Waals surface area contributed by atoms with Crippen molar-refractivity contribution < 1.29 is 23.0 Å². The third kappa shape index (κ3) is 5.49. The molecule has 9 heteroatoms. The molecule has 2 aliphatic heterocycles. The Balaban J connectivity index is 1.04. The van der Waals surface area contributed by atoms with E-state index >= 15 is 0 Å². The number of nitrogens with zero attached hydrogens (tertiary/aromatic N) is 4. The van der Waals surface area contributed by atoms with Crippen molar-refractivity contribution >= 4 is 11.9 Å². The number of methoxy groups -OCH3 is 1. The fraction of sp³-hybridized carbons (Fsp3) is 0.577. The molecule has 5 rings (SSSR count). The molecule has 2 atom stereocenters. The Bertz CT molecular complexity index is 1020. The third-order valence-corrected chi connectivity index (χ3v) is 7.66. The molecule has 3 aliphatic rings. The summed E-state index contributed by atoms with van der Waals surface area (Å²) in [5.74, 6) is 1.91. The molecule has 3 fully saturated rings. The summed E-state index contributed by atoms with van der Waals surface area (Å²) >= 11 is 0. The minimum atomic E-state index is -0.717. The summed E-state index contributed by atoms with van der Waals surface area (Å²) in [5.41, 5.74) is -0.178. The Kier molecular flexibility index (Phi) is 7.02. The average Bonchev–Trinajstić information content (AvgIpc) is 3.60. The van der Waals surface area contributed by atoms with Gasteiger partial charge in [-0.2, -0.15) is 0 Å². The van der Waals surface area contributed by atoms with Crippen LogP contribution in [-0.4, -0.2) is 60.7 Å². The van der Waals surface area contributed by atoms with Crippen LogP contribution in [0.5, 0.6) is 11.5 Å². The summed E-state index contributed by atoms with van der Waals surface area (Å²) in [6.07, 6.45) is 8.40. The zero-order chi connectivity index (χ0) is 24.4. The number of ether oxygens (including phenoxy) is 2. The van der Waals surface area contributed by atoms with Crippen LogP contribution in [0, 0.1) is 29.4 Å². The first kappa shape index (κ1) is 23.8. The van der Waals surface area contributed by atoms with Gasteiger partial charge in [0.15, 0.2) is 5.75 Å². The van der Waals surface area contributed by atoms with Crippen LogP contribution in [0.3, 0.4) is 0 Å². The molecule has 1 amide bonds. The van der Waals surface area contributed by atoms with Gasteiger partial charge in [0.1, 0.15) is 17.4 Å². The first-order chi connectivity index (χ1) is 17.0. The number of anilines is 1. The number of piperidine rings is 1. The maximum Gasteiger partial charge on any atom is 0.227 e. The number of hydrogen-bond acceptors (Lipinski definition) is 6. The predicted molar refractivity (Wildman–Crippen MR) is 126 cm³/mol. The molecule has 1 aromatic carbocycles. The van der Waals surface area contributed by atoms with E-state index in [0.717, 1.165) is 44.7 Å². The molecule has 1 aromatic heterocycles. The Labute approximate surface area is 204 Å². The highest BCUT2D eigenvalue weighted by atomic mass is 19.1. The number of aromatic nitrogens is 2. The van der Waals surface area contributed by atoms with Crippen LogP contribution in [0.4, 0.5) is 14.7 Å². The van der Waals surface area contributed by atoms with Gasteiger partial charge in [-0.3, -0.25) is 4.79 Å². The lowest BCUT2D eigenvalue weighted by molar-refractivity contribution is -0.133. The highest BCUT2D eigenvalue weighted by Gasteiger charge is 2.43. The zero-order valence-electron chi connectivity index (χ0n) is 20.1. The van der Waals surface area contributed by atoms with Crippen LogP contribution in [0.25, 0.3) is 0 Å². The van der Waals surface area contributed by atoms with Crippen molar-refractivity contribution in [2.75, 3.05) is 44.8 Å². The zero-order valence-corrected chi connectivity index (χ0v) is 20.1. The topological polar surface area (TPSA) is 67.8 Å². The first-order valence-corrected chi connectivity index (χ1v) is 12.5. The summed E-state index contributed by atoms with van der Waals surface area (Å²) < 4.78 is 39.7. The summed E-state index contributed by atoms with van der Waals surface area (Å²) in [6.45, 7) is 3.66. The van der Waals surface area contributed by atoms with Crippen molar-refractivity contribution in [3.63, 3.8) is 0 Å². The monoisotopic (exact) mass is 486 g/mol. The normalized spacial score (nSPS) is 22.0. The van der Waals surface area contributed by atoms with Crippen LogP contribution in [0.2, 0.25) is 0 Å². The minimum absolute atomic E-state index is 0.178. The number of carbonyl (C=O) groups is 1. The quantitative estimate of drug-likeness (QED) is 0.536. The summed E-state index contributed by atoms with van der Waals surface area (Å²) in [4.78, 5) is 24.7. The third-order valence-electron chi connectivity index (χ3n) is 7.66. The standard InChI is InChI=1S/C26H32F2N4O3/c1-34-20-15-29-26(30-16-20)32-8-3-17(4-9-32)21-11-18(21)5-10-35-19-12-23(27)22(24(28)13-19)14-25(33)31-6-2-7-31/h12-13,15-18,21H,2-11,14H2,1H3/t18-,21-/m1/s1. The van der Waals surface area contributed by atoms with Crippen LogP contribution in [0.15, 0.2) is 24.5 Å². The van der Waals surface area contributed by atoms with Crippen LogP contribution < -0.4 is 14.4 Å². The molecule has 2 saturated heterocycles. The van der Waals surface area contributed by atoms with E-state index in [1.54, 1.807) is 24.4 Å². The molecule has 0 radical (unpaired) electrons. The van der Waals surface area contributed by atoms with Gasteiger partial charge in [0.2, 0.25) is 11.9 Å². The molecule has 188 valence electrons. The van der Waals surface area contributed by atoms with Crippen molar-refractivity contribution in [3.8, 4) is 11.5 Å². The maximum absolute atomic E-state index is 14.4. The minimum Gasteiger partial charge on any atom is -0.494 e. The van der Waals surface area contributed by atoms with Gasteiger partial charge >= 0.3 is 0 Å². The molecule has 0 spiro atoms. The molecule has 7 nitrogen and oxygen atoms in total. The van der Waals surface area contributed by atoms with Crippen LogP contribution >= 0.6 is 0 Å². The van der Waals surface area contributed by atoms with Gasteiger partial charge in [-0.15, -0.1) is 0 Å². The van der Waals surface area contributed by atoms with E-state index in [0.29, 0.717) is 43.2 Å². The highest BCUT2D eigenvalue weighted by molar-refractivity contribution is 5.79. The summed E-state index contributed by atoms with van der Waals surface area (Å²) in [7, 11) is 1.60. The van der Waals surface area contributed by atoms with Crippen molar-refractivity contribution in [2.45, 2.75) is 38.5 Å². The number of halogens is 2. The Morgan fingerprint density at radius 1 is 1.06 bits per heavy atom. The molecule has 0 bridgehead atoms. The number of rotatable bonds is 9. The van der Waals surface area contributed by atoms with Crippen molar-refractivity contribution in [1.82, 2.24) is 14.9 Å². The molecule has 0 unspecified atom stereocenters. The molecule has 0 N–H and O–H groups in total. The fourth-order valence-electron chi connectivity index (χ4n) is 5.27. The van der Waals surface area contributed by atoms with Crippen molar-refractivity contribution in [3.05, 3.63) is 41.7 Å². The summed E-state index contributed by atoms with van der Waals surface area (Å²) in [6, 6.07) is 2.40. The number of carbonyl (C=O) groups excluding carboxylic acids is 1. The van der Waals surface area contributed by atoms with E-state index in [-0.39, 0.29) is 23.6 Å². The Hall–Kier alpha value is -2.97. The smallest absolute Gasteiger partial charge is 0.227 e. The fourth-order valence-corrected chi connectivity index (χ4v) is 5.27. The van der Waals surface area contributed by atoms with Crippen molar-refractivity contribution in [2.24, 2.45) is 17.8 Å². The van der Waals surface area contributed by atoms with Gasteiger partial charge in [0.25, 0.3) is 0 Å². The molecule has 2 aromatic rings. The van der Waals surface area contributed by atoms with E-state index < -0.39 is 11.6 Å². The maximum atomic E-state index is 14.4. The van der Waals surface area contributed by atoms with E-state index in [1.165, 1.54) is 18.6 Å². The predicted octanol–water partition coefficient (Wildman–Crippen LogP) is 3.86. The largest absolute Gasteiger partial charge is 0.494 e. The molecular weight excluding hydrogens is 454 g/mol. The number of likely N-dealkylation sites (tertiary alicyclic amines) is 1. The number of hydrogen-bond donors (Lipinski definition) is 0. The molecule has 1 aliphatic carbocycles. The van der Waals surface area contributed by atoms with E-state index in [2.05, 4.69) is 14.9 Å². The molecule has 35 heavy (non-hydrogen) atoms. The van der Waals surface area contributed by atoms with Gasteiger partial charge in [-0.25, -0.2) is 18.7 Å². The Morgan fingerprint density at radius 3 is 2.34 bits per heavy atom. The number of benzene rings is 1. The number of amides is 1. The SMILES string of the molecule is COc1cnc(N2CCC([C@H]3C[C@H]3CCOc3cc(F)c(CC(=O)N4CCC4)c(F)c3)CC2)nc1. The van der Waals surface area contributed by atoms with Gasteiger partial charge in [-0.1, -0.05) is 0 Å². The molecular formula is C26H32F2N4O3. The second kappa shape index (κ2) is 10.3. The lowest BCUT2D eigenvalue weighted by Crippen LogP contribution is -2.43. The second-order valence-corrected chi connectivity index (χ2v) is 9.82. The lowest BCUT2D eigenvalue weighted by atomic mass is 9.90. The Morgan fingerprint density at radius 2 is 1.74 bits per heavy atom. The first-order valence-electron chi connectivity index (χ1n) is 12.5. The van der Waals surface area contributed by atoms with E-state index in [4.69, 9.17) is 9.47 Å². The van der Waals surface area contributed by atoms with Crippen LogP contribution in [0.1, 0.15) is 37.7 Å². The second-order valence-electron chi connectivity index (χ2n) is 9.82. The molecule has 3 heterocycles. The lowest BCUT2D eigenvalue weighted by Gasteiger charge is -2.32.